The van der Waals surface area contributed by atoms with Crippen LogP contribution >= 0.6 is 15.9 Å². The highest BCUT2D eigenvalue weighted by Crippen LogP contribution is 2.17. The van der Waals surface area contributed by atoms with E-state index in [0.29, 0.717) is 5.75 Å². The molecule has 12 heavy (non-hydrogen) atoms. The predicted octanol–water partition coefficient (Wildman–Crippen LogP) is 2.70. The minimum atomic E-state index is -1.29. The average Bonchev–Trinajstić information content (AvgIpc) is 1.82. The normalized spacial score (nSPS) is 11.7. The van der Waals surface area contributed by atoms with Crippen molar-refractivity contribution < 1.29 is 5.11 Å². The molecule has 66 valence electrons. The summed E-state index contributed by atoms with van der Waals surface area (Å²) in [6.07, 6.45) is 0. The van der Waals surface area contributed by atoms with Crippen LogP contribution in [-0.2, 0) is 0 Å². The molecule has 0 aliphatic rings. The minimum Gasteiger partial charge on any atom is -0.508 e. The van der Waals surface area contributed by atoms with Crippen LogP contribution in [0.1, 0.15) is 0 Å². The van der Waals surface area contributed by atoms with E-state index in [4.69, 9.17) is 0 Å². The van der Waals surface area contributed by atoms with Gasteiger partial charge in [0.25, 0.3) is 0 Å². The molecule has 0 aliphatic heterocycles. The maximum absolute atomic E-state index is 9.35. The zero-order valence-corrected chi connectivity index (χ0v) is 10.1. The van der Waals surface area contributed by atoms with Crippen molar-refractivity contribution in [3.8, 4) is 5.75 Å². The van der Waals surface area contributed by atoms with Gasteiger partial charge in [0, 0.05) is 4.47 Å². The molecule has 1 aromatic carbocycles. The van der Waals surface area contributed by atoms with Gasteiger partial charge < -0.3 is 5.11 Å². The van der Waals surface area contributed by atoms with Crippen LogP contribution in [0.15, 0.2) is 22.7 Å². The van der Waals surface area contributed by atoms with Crippen LogP contribution in [0.5, 0.6) is 5.75 Å². The molecule has 0 aliphatic carbocycles. The summed E-state index contributed by atoms with van der Waals surface area (Å²) in [4.78, 5) is 0. The third-order valence-electron chi connectivity index (χ3n) is 1.75. The van der Waals surface area contributed by atoms with E-state index in [1.807, 2.05) is 6.07 Å². The van der Waals surface area contributed by atoms with Crippen molar-refractivity contribution in [3.05, 3.63) is 22.7 Å². The summed E-state index contributed by atoms with van der Waals surface area (Å²) in [6, 6.07) is 5.66. The number of rotatable bonds is 1. The quantitative estimate of drug-likeness (QED) is 0.754. The van der Waals surface area contributed by atoms with E-state index in [0.717, 1.165) is 4.47 Å². The fourth-order valence-electron chi connectivity index (χ4n) is 1.01. The summed E-state index contributed by atoms with van der Waals surface area (Å²) in [5.41, 5.74) is 0. The van der Waals surface area contributed by atoms with E-state index in [-0.39, 0.29) is 0 Å². The molecule has 1 N–H and O–H groups in total. The van der Waals surface area contributed by atoms with Gasteiger partial charge in [-0.15, -0.1) is 0 Å². The molecule has 0 atom stereocenters. The molecule has 0 unspecified atom stereocenters. The summed E-state index contributed by atoms with van der Waals surface area (Å²) in [5, 5.41) is 10.6. The lowest BCUT2D eigenvalue weighted by atomic mass is 10.3. The number of phenols is 1. The fraction of sp³-hybridized carbons (Fsp3) is 0.333. The van der Waals surface area contributed by atoms with E-state index in [1.54, 1.807) is 6.07 Å². The molecule has 0 spiro atoms. The molecule has 0 fully saturated rings. The summed E-state index contributed by atoms with van der Waals surface area (Å²) in [6.45, 7) is 6.77. The number of phenolic OH excluding ortho intramolecular Hbond substituents is 1. The van der Waals surface area contributed by atoms with E-state index >= 15 is 0 Å². The Balaban J connectivity index is 3.18. The second-order valence-electron chi connectivity index (χ2n) is 3.95. The number of benzene rings is 1. The van der Waals surface area contributed by atoms with Crippen LogP contribution in [0.3, 0.4) is 0 Å². The first kappa shape index (κ1) is 9.80. The molecule has 0 saturated carbocycles. The maximum Gasteiger partial charge on any atom is 0.116 e. The summed E-state index contributed by atoms with van der Waals surface area (Å²) in [7, 11) is -1.29. The van der Waals surface area contributed by atoms with Crippen LogP contribution in [0.25, 0.3) is 0 Å². The topological polar surface area (TPSA) is 20.2 Å². The highest BCUT2D eigenvalue weighted by molar-refractivity contribution is 9.10. The molecule has 0 radical (unpaired) electrons. The highest BCUT2D eigenvalue weighted by Gasteiger charge is 2.17. The Kier molecular flexibility index (Phi) is 2.63. The van der Waals surface area contributed by atoms with E-state index in [2.05, 4.69) is 41.6 Å². The van der Waals surface area contributed by atoms with Crippen molar-refractivity contribution in [2.75, 3.05) is 0 Å². The first-order valence-corrected chi connectivity index (χ1v) is 8.19. The minimum absolute atomic E-state index is 0.349. The zero-order chi connectivity index (χ0) is 9.35. The summed E-state index contributed by atoms with van der Waals surface area (Å²) in [5.74, 6) is 0.349. The van der Waals surface area contributed by atoms with Gasteiger partial charge in [0.05, 0.1) is 8.07 Å². The molecular weight excluding hydrogens is 232 g/mol. The van der Waals surface area contributed by atoms with Gasteiger partial charge in [-0.2, -0.15) is 0 Å². The Morgan fingerprint density at radius 3 is 2.17 bits per heavy atom. The second-order valence-corrected chi connectivity index (χ2v) is 9.94. The molecule has 0 heterocycles. The lowest BCUT2D eigenvalue weighted by Crippen LogP contribution is -2.37. The van der Waals surface area contributed by atoms with Gasteiger partial charge in [0.15, 0.2) is 0 Å². The van der Waals surface area contributed by atoms with Gasteiger partial charge in [0.1, 0.15) is 5.75 Å². The van der Waals surface area contributed by atoms with Crippen LogP contribution in [-0.4, -0.2) is 13.2 Å². The highest BCUT2D eigenvalue weighted by atomic mass is 79.9. The smallest absolute Gasteiger partial charge is 0.116 e. The molecule has 0 aromatic heterocycles. The first-order valence-electron chi connectivity index (χ1n) is 3.89. The molecule has 0 bridgehead atoms. The monoisotopic (exact) mass is 244 g/mol. The second kappa shape index (κ2) is 3.22. The lowest BCUT2D eigenvalue weighted by Gasteiger charge is -2.16. The SMILES string of the molecule is C[Si](C)(C)c1cc(O)cc(Br)c1. The number of hydrogen-bond donors (Lipinski definition) is 1. The van der Waals surface area contributed by atoms with Crippen LogP contribution in [0.2, 0.25) is 19.6 Å². The van der Waals surface area contributed by atoms with Crippen molar-refractivity contribution in [2.24, 2.45) is 0 Å². The molecule has 0 saturated heterocycles. The summed E-state index contributed by atoms with van der Waals surface area (Å²) < 4.78 is 0.958. The fourth-order valence-corrected chi connectivity index (χ4v) is 2.87. The van der Waals surface area contributed by atoms with Gasteiger partial charge in [-0.1, -0.05) is 40.8 Å². The number of halogens is 1. The van der Waals surface area contributed by atoms with Crippen LogP contribution in [0, 0.1) is 0 Å². The Morgan fingerprint density at radius 1 is 1.17 bits per heavy atom. The third-order valence-corrected chi connectivity index (χ3v) is 4.23. The van der Waals surface area contributed by atoms with Crippen molar-refractivity contribution in [2.45, 2.75) is 19.6 Å². The number of hydrogen-bond acceptors (Lipinski definition) is 1. The molecule has 1 aromatic rings. The van der Waals surface area contributed by atoms with Crippen molar-refractivity contribution >= 4 is 29.2 Å². The molecule has 1 nitrogen and oxygen atoms in total. The standard InChI is InChI=1S/C9H13BrOSi/c1-12(2,3)9-5-7(10)4-8(11)6-9/h4-6,11H,1-3H3. The number of aromatic hydroxyl groups is 1. The van der Waals surface area contributed by atoms with E-state index in [9.17, 15) is 5.11 Å². The van der Waals surface area contributed by atoms with Crippen molar-refractivity contribution in [3.63, 3.8) is 0 Å². The predicted molar refractivity (Wildman–Crippen MR) is 58.8 cm³/mol. The Labute approximate surface area is 82.6 Å². The maximum atomic E-state index is 9.35. The van der Waals surface area contributed by atoms with Gasteiger partial charge >= 0.3 is 0 Å². The molecule has 1 rings (SSSR count). The average molecular weight is 245 g/mol. The summed E-state index contributed by atoms with van der Waals surface area (Å²) >= 11 is 3.37. The van der Waals surface area contributed by atoms with Crippen molar-refractivity contribution in [1.82, 2.24) is 0 Å². The molecule has 0 amide bonds. The first-order chi connectivity index (χ1) is 5.39. The molecule has 3 heteroatoms. The van der Waals surface area contributed by atoms with Crippen molar-refractivity contribution in [1.29, 1.82) is 0 Å². The van der Waals surface area contributed by atoms with E-state index < -0.39 is 8.07 Å². The van der Waals surface area contributed by atoms with Gasteiger partial charge in [0.2, 0.25) is 0 Å². The zero-order valence-electron chi connectivity index (χ0n) is 7.56. The third kappa shape index (κ3) is 2.35. The van der Waals surface area contributed by atoms with Gasteiger partial charge in [-0.05, 0) is 18.2 Å². The van der Waals surface area contributed by atoms with Crippen LogP contribution in [0.4, 0.5) is 0 Å². The Bertz CT molecular complexity index is 271. The Hall–Kier alpha value is -0.283. The largest absolute Gasteiger partial charge is 0.508 e. The Morgan fingerprint density at radius 2 is 1.75 bits per heavy atom. The van der Waals surface area contributed by atoms with E-state index in [1.165, 1.54) is 5.19 Å². The lowest BCUT2D eigenvalue weighted by molar-refractivity contribution is 0.475. The van der Waals surface area contributed by atoms with Crippen LogP contribution < -0.4 is 5.19 Å². The van der Waals surface area contributed by atoms with Gasteiger partial charge in [-0.3, -0.25) is 0 Å². The van der Waals surface area contributed by atoms with Gasteiger partial charge in [-0.25, -0.2) is 0 Å². The molecular formula is C9H13BrOSi.